The van der Waals surface area contributed by atoms with Crippen molar-refractivity contribution in [2.75, 3.05) is 65.4 Å². The zero-order valence-corrected chi connectivity index (χ0v) is 19.3. The van der Waals surface area contributed by atoms with Crippen LogP contribution in [-0.4, -0.2) is 103 Å². The summed E-state index contributed by atoms with van der Waals surface area (Å²) in [5.74, 6) is 1.91. The first-order chi connectivity index (χ1) is 15.3. The van der Waals surface area contributed by atoms with Crippen molar-refractivity contribution < 1.29 is 0 Å². The molecule has 0 aliphatic carbocycles. The van der Waals surface area contributed by atoms with Crippen LogP contribution in [0.2, 0.25) is 0 Å². The topological polar surface area (TPSA) is 37.4 Å². The van der Waals surface area contributed by atoms with Crippen molar-refractivity contribution in [3.63, 3.8) is 0 Å². The van der Waals surface area contributed by atoms with E-state index < -0.39 is 0 Å². The van der Waals surface area contributed by atoms with E-state index in [1.54, 1.807) is 0 Å². The quantitative estimate of drug-likeness (QED) is 0.578. The number of hydrogen-bond donors (Lipinski definition) is 1. The second-order valence-electron chi connectivity index (χ2n) is 9.85. The number of fused-ring (bicyclic) bond motifs is 4. The molecule has 5 fully saturated rings. The first kappa shape index (κ1) is 21.2. The summed E-state index contributed by atoms with van der Waals surface area (Å²) in [6, 6.07) is 12.3. The van der Waals surface area contributed by atoms with Crippen molar-refractivity contribution in [2.24, 2.45) is 10.9 Å². The zero-order valence-electron chi connectivity index (χ0n) is 19.3. The Labute approximate surface area is 188 Å². The number of piperazine rings is 3. The number of piperidine rings is 2. The van der Waals surface area contributed by atoms with Crippen molar-refractivity contribution >= 4 is 5.96 Å². The van der Waals surface area contributed by atoms with Crippen molar-refractivity contribution in [3.8, 4) is 0 Å². The van der Waals surface area contributed by atoms with Gasteiger partial charge in [0, 0.05) is 71.0 Å². The average Bonchev–Trinajstić information content (AvgIpc) is 2.83. The Morgan fingerprint density at radius 2 is 1.84 bits per heavy atom. The van der Waals surface area contributed by atoms with Crippen molar-refractivity contribution in [1.29, 1.82) is 0 Å². The standard InChI is InChI=1S/C25H40N6/c1-2-26-25(27-17-23-20-28-13-15-29(23)16-14-28)31-12-10-24-22(19-31)9-6-11-30(24)18-21-7-4-3-5-8-21/h3-5,7-8,22-24H,2,6,9-20H2,1H3,(H,26,27). The molecule has 5 aliphatic heterocycles. The molecule has 5 saturated heterocycles. The first-order valence-electron chi connectivity index (χ1n) is 12.6. The Morgan fingerprint density at radius 3 is 2.58 bits per heavy atom. The molecule has 0 radical (unpaired) electrons. The molecule has 2 bridgehead atoms. The molecule has 3 atom stereocenters. The SMILES string of the molecule is CCNC(=NCC1CN2CCN1CC2)N1CCC2C(CCCN2Cc2ccccc2)C1. The molecular weight excluding hydrogens is 384 g/mol. The molecule has 1 N–H and O–H groups in total. The van der Waals surface area contributed by atoms with Gasteiger partial charge in [-0.05, 0) is 44.2 Å². The van der Waals surface area contributed by atoms with Gasteiger partial charge in [0.15, 0.2) is 5.96 Å². The van der Waals surface area contributed by atoms with Crippen LogP contribution in [0.3, 0.4) is 0 Å². The minimum absolute atomic E-state index is 0.602. The molecule has 5 heterocycles. The predicted octanol–water partition coefficient (Wildman–Crippen LogP) is 1.94. The lowest BCUT2D eigenvalue weighted by Crippen LogP contribution is -2.62. The Hall–Kier alpha value is -1.63. The maximum absolute atomic E-state index is 5.15. The molecule has 1 aromatic carbocycles. The Balaban J connectivity index is 1.21. The van der Waals surface area contributed by atoms with Crippen LogP contribution in [0, 0.1) is 5.92 Å². The molecule has 6 heteroatoms. The molecule has 170 valence electrons. The summed E-state index contributed by atoms with van der Waals surface area (Å²) in [5.41, 5.74) is 1.45. The highest BCUT2D eigenvalue weighted by Gasteiger charge is 2.37. The number of rotatable bonds is 5. The van der Waals surface area contributed by atoms with Gasteiger partial charge in [-0.25, -0.2) is 0 Å². The predicted molar refractivity (Wildman–Crippen MR) is 127 cm³/mol. The van der Waals surface area contributed by atoms with E-state index in [1.165, 1.54) is 64.1 Å². The van der Waals surface area contributed by atoms with Crippen LogP contribution in [0.15, 0.2) is 35.3 Å². The third-order valence-corrected chi connectivity index (χ3v) is 7.89. The van der Waals surface area contributed by atoms with Gasteiger partial charge in [0.1, 0.15) is 0 Å². The largest absolute Gasteiger partial charge is 0.357 e. The van der Waals surface area contributed by atoms with E-state index in [0.29, 0.717) is 6.04 Å². The summed E-state index contributed by atoms with van der Waals surface area (Å²) < 4.78 is 0. The van der Waals surface area contributed by atoms with Crippen LogP contribution in [0.1, 0.15) is 31.7 Å². The van der Waals surface area contributed by atoms with Gasteiger partial charge in [0.25, 0.3) is 0 Å². The summed E-state index contributed by atoms with van der Waals surface area (Å²) >= 11 is 0. The molecule has 0 amide bonds. The normalized spacial score (nSPS) is 33.9. The fourth-order valence-corrected chi connectivity index (χ4v) is 6.23. The molecule has 6 nitrogen and oxygen atoms in total. The third kappa shape index (κ3) is 4.91. The molecule has 1 aromatic rings. The van der Waals surface area contributed by atoms with E-state index in [2.05, 4.69) is 62.2 Å². The lowest BCUT2D eigenvalue weighted by Gasteiger charge is -2.48. The number of benzene rings is 1. The maximum Gasteiger partial charge on any atom is 0.193 e. The van der Waals surface area contributed by atoms with Gasteiger partial charge in [-0.1, -0.05) is 30.3 Å². The highest BCUT2D eigenvalue weighted by atomic mass is 15.4. The van der Waals surface area contributed by atoms with Crippen molar-refractivity contribution in [2.45, 2.75) is 44.8 Å². The van der Waals surface area contributed by atoms with Crippen molar-refractivity contribution in [3.05, 3.63) is 35.9 Å². The fraction of sp³-hybridized carbons (Fsp3) is 0.720. The van der Waals surface area contributed by atoms with Crippen molar-refractivity contribution in [1.82, 2.24) is 24.9 Å². The van der Waals surface area contributed by atoms with Crippen LogP contribution in [0.25, 0.3) is 0 Å². The highest BCUT2D eigenvalue weighted by Crippen LogP contribution is 2.31. The molecular formula is C25H40N6. The van der Waals surface area contributed by atoms with Crippen LogP contribution < -0.4 is 5.32 Å². The van der Waals surface area contributed by atoms with E-state index in [-0.39, 0.29) is 0 Å². The Kier molecular flexibility index (Phi) is 6.77. The van der Waals surface area contributed by atoms with E-state index in [1.807, 2.05) is 0 Å². The van der Waals surface area contributed by atoms with Gasteiger partial charge in [-0.15, -0.1) is 0 Å². The van der Waals surface area contributed by atoms with E-state index in [9.17, 15) is 0 Å². The highest BCUT2D eigenvalue weighted by molar-refractivity contribution is 5.80. The minimum atomic E-state index is 0.602. The Bertz CT molecular complexity index is 729. The van der Waals surface area contributed by atoms with E-state index >= 15 is 0 Å². The number of guanidine groups is 1. The molecule has 0 saturated carbocycles. The van der Waals surface area contributed by atoms with Crippen LogP contribution >= 0.6 is 0 Å². The summed E-state index contributed by atoms with van der Waals surface area (Å²) in [6.07, 6.45) is 3.94. The second-order valence-corrected chi connectivity index (χ2v) is 9.85. The van der Waals surface area contributed by atoms with Gasteiger partial charge >= 0.3 is 0 Å². The van der Waals surface area contributed by atoms with Gasteiger partial charge in [-0.2, -0.15) is 0 Å². The van der Waals surface area contributed by atoms with Gasteiger partial charge in [-0.3, -0.25) is 19.7 Å². The number of nitrogens with zero attached hydrogens (tertiary/aromatic N) is 5. The second kappa shape index (κ2) is 9.88. The Morgan fingerprint density at radius 1 is 1.00 bits per heavy atom. The number of hydrogen-bond acceptors (Lipinski definition) is 4. The number of nitrogens with one attached hydrogen (secondary N) is 1. The first-order valence-corrected chi connectivity index (χ1v) is 12.6. The van der Waals surface area contributed by atoms with E-state index in [0.717, 1.165) is 50.6 Å². The van der Waals surface area contributed by atoms with Gasteiger partial charge in [0.05, 0.1) is 6.54 Å². The maximum atomic E-state index is 5.15. The smallest absolute Gasteiger partial charge is 0.193 e. The zero-order chi connectivity index (χ0) is 21.0. The molecule has 3 unspecified atom stereocenters. The fourth-order valence-electron chi connectivity index (χ4n) is 6.23. The summed E-state index contributed by atoms with van der Waals surface area (Å²) in [7, 11) is 0. The summed E-state index contributed by atoms with van der Waals surface area (Å²) in [4.78, 5) is 15.7. The number of likely N-dealkylation sites (tertiary alicyclic amines) is 2. The monoisotopic (exact) mass is 424 g/mol. The molecule has 5 aliphatic rings. The third-order valence-electron chi connectivity index (χ3n) is 7.89. The molecule has 0 aromatic heterocycles. The van der Waals surface area contributed by atoms with E-state index in [4.69, 9.17) is 4.99 Å². The number of aliphatic imine (C=N–C) groups is 1. The molecule has 6 rings (SSSR count). The molecule has 0 spiro atoms. The van der Waals surface area contributed by atoms with Crippen LogP contribution in [0.5, 0.6) is 0 Å². The average molecular weight is 425 g/mol. The lowest BCUT2D eigenvalue weighted by molar-refractivity contribution is 0.0170. The summed E-state index contributed by atoms with van der Waals surface area (Å²) in [5, 5.41) is 3.61. The lowest BCUT2D eigenvalue weighted by atomic mass is 9.83. The van der Waals surface area contributed by atoms with Gasteiger partial charge in [0.2, 0.25) is 0 Å². The van der Waals surface area contributed by atoms with Crippen LogP contribution in [-0.2, 0) is 6.54 Å². The minimum Gasteiger partial charge on any atom is -0.357 e. The van der Waals surface area contributed by atoms with Gasteiger partial charge < -0.3 is 10.2 Å². The summed E-state index contributed by atoms with van der Waals surface area (Å²) in [6.45, 7) is 14.8. The van der Waals surface area contributed by atoms with Crippen LogP contribution in [0.4, 0.5) is 0 Å². The molecule has 31 heavy (non-hydrogen) atoms.